The van der Waals surface area contributed by atoms with Gasteiger partial charge in [0.2, 0.25) is 0 Å². The molecule has 2 unspecified atom stereocenters. The normalized spacial score (nSPS) is 31.2. The van der Waals surface area contributed by atoms with Crippen LogP contribution in [0.3, 0.4) is 0 Å². The number of aromatic nitrogens is 1. The fraction of sp³-hybridized carbons (Fsp3) is 0.667. The monoisotopic (exact) mass is 243 g/mol. The number of hydrogen-bond donors (Lipinski definition) is 2. The van der Waals surface area contributed by atoms with Crippen molar-refractivity contribution in [2.75, 3.05) is 25.4 Å². The van der Waals surface area contributed by atoms with E-state index >= 15 is 0 Å². The number of rotatable bonds is 2. The Balaban J connectivity index is 1.84. The van der Waals surface area contributed by atoms with Crippen LogP contribution in [-0.2, 0) is 4.74 Å². The number of nitrogens with one attached hydrogen (secondary N) is 2. The molecule has 0 aromatic carbocycles. The minimum absolute atomic E-state index is 0.0572. The second-order valence-corrected chi connectivity index (χ2v) is 5.41. The first-order chi connectivity index (χ1) is 7.45. The highest BCUT2D eigenvalue weighted by Gasteiger charge is 2.27. The summed E-state index contributed by atoms with van der Waals surface area (Å²) in [5.41, 5.74) is 2.37. The van der Waals surface area contributed by atoms with Crippen LogP contribution < -0.4 is 10.6 Å². The van der Waals surface area contributed by atoms with Gasteiger partial charge in [0.15, 0.2) is 0 Å². The summed E-state index contributed by atoms with van der Waals surface area (Å²) in [6, 6.07) is 0. The van der Waals surface area contributed by atoms with Crippen molar-refractivity contribution < 1.29 is 4.74 Å². The molecule has 0 spiro atoms. The number of ether oxygens (including phenoxy) is 1. The van der Waals surface area contributed by atoms with Gasteiger partial charge in [-0.1, -0.05) is 0 Å². The Morgan fingerprint density at radius 1 is 1.40 bits per heavy atom. The van der Waals surface area contributed by atoms with Crippen LogP contribution in [0.5, 0.6) is 0 Å². The van der Waals surface area contributed by atoms with Crippen molar-refractivity contribution in [3.8, 4) is 0 Å². The third-order valence-corrected chi connectivity index (χ3v) is 4.41. The molecule has 15 heavy (non-hydrogen) atoms. The molecule has 3 heterocycles. The lowest BCUT2D eigenvalue weighted by molar-refractivity contribution is 0.101. The highest BCUT2D eigenvalue weighted by atomic mass is 32.2. The van der Waals surface area contributed by atoms with Crippen molar-refractivity contribution in [1.29, 1.82) is 0 Å². The van der Waals surface area contributed by atoms with Crippen LogP contribution in [0.2, 0.25) is 0 Å². The summed E-state index contributed by atoms with van der Waals surface area (Å²) in [6.45, 7) is 2.81. The van der Waals surface area contributed by atoms with E-state index in [1.807, 2.05) is 11.8 Å². The Morgan fingerprint density at radius 3 is 3.13 bits per heavy atom. The van der Waals surface area contributed by atoms with Crippen molar-refractivity contribution in [2.24, 2.45) is 0 Å². The van der Waals surface area contributed by atoms with Gasteiger partial charge in [0.1, 0.15) is 6.23 Å². The second-order valence-electron chi connectivity index (χ2n) is 3.57. The Hall–Kier alpha value is -0.140. The van der Waals surface area contributed by atoms with Crippen LogP contribution in [0.4, 0.5) is 0 Å². The predicted octanol–water partition coefficient (Wildman–Crippen LogP) is 1.10. The number of hydrogen-bond acceptors (Lipinski definition) is 6. The molecule has 2 fully saturated rings. The van der Waals surface area contributed by atoms with E-state index in [1.54, 1.807) is 0 Å². The van der Waals surface area contributed by atoms with Crippen LogP contribution in [-0.4, -0.2) is 29.8 Å². The minimum atomic E-state index is 0.0572. The van der Waals surface area contributed by atoms with Gasteiger partial charge >= 0.3 is 0 Å². The van der Waals surface area contributed by atoms with E-state index < -0.39 is 0 Å². The Labute approximate surface area is 96.9 Å². The van der Waals surface area contributed by atoms with E-state index in [0.717, 1.165) is 25.4 Å². The van der Waals surface area contributed by atoms with Crippen LogP contribution in [0, 0.1) is 0 Å². The van der Waals surface area contributed by atoms with Gasteiger partial charge in [-0.2, -0.15) is 4.37 Å². The molecule has 1 aromatic rings. The fourth-order valence-corrected chi connectivity index (χ4v) is 3.73. The van der Waals surface area contributed by atoms with Gasteiger partial charge in [-0.25, -0.2) is 0 Å². The Morgan fingerprint density at radius 2 is 2.40 bits per heavy atom. The summed E-state index contributed by atoms with van der Waals surface area (Å²) < 4.78 is 10.1. The van der Waals surface area contributed by atoms with Crippen LogP contribution >= 0.6 is 23.3 Å². The maximum atomic E-state index is 5.62. The molecule has 0 amide bonds. The van der Waals surface area contributed by atoms with Crippen molar-refractivity contribution in [3.05, 3.63) is 16.6 Å². The fourth-order valence-electron chi connectivity index (χ4n) is 1.88. The zero-order chi connectivity index (χ0) is 10.1. The quantitative estimate of drug-likeness (QED) is 0.814. The molecule has 2 aliphatic heterocycles. The van der Waals surface area contributed by atoms with Crippen molar-refractivity contribution in [3.63, 3.8) is 0 Å². The maximum absolute atomic E-state index is 5.62. The smallest absolute Gasteiger partial charge is 0.137 e. The van der Waals surface area contributed by atoms with E-state index in [-0.39, 0.29) is 6.23 Å². The largest absolute Gasteiger partial charge is 0.358 e. The number of nitrogens with zero attached hydrogens (tertiary/aromatic N) is 1. The summed E-state index contributed by atoms with van der Waals surface area (Å²) >= 11 is 3.44. The molecule has 4 nitrogen and oxygen atoms in total. The molecule has 0 radical (unpaired) electrons. The highest BCUT2D eigenvalue weighted by Crippen LogP contribution is 2.35. The Kier molecular flexibility index (Phi) is 2.94. The van der Waals surface area contributed by atoms with E-state index in [1.165, 1.54) is 22.8 Å². The van der Waals surface area contributed by atoms with Crippen LogP contribution in [0.25, 0.3) is 0 Å². The summed E-state index contributed by atoms with van der Waals surface area (Å²) in [5, 5.41) is 9.23. The third-order valence-electron chi connectivity index (χ3n) is 2.59. The molecule has 3 rings (SSSR count). The van der Waals surface area contributed by atoms with Crippen LogP contribution in [0.15, 0.2) is 5.38 Å². The first kappa shape index (κ1) is 10.0. The lowest BCUT2D eigenvalue weighted by Crippen LogP contribution is -2.19. The molecule has 2 atom stereocenters. The van der Waals surface area contributed by atoms with Gasteiger partial charge in [-0.3, -0.25) is 10.6 Å². The Bertz CT molecular complexity index is 301. The van der Waals surface area contributed by atoms with Gasteiger partial charge < -0.3 is 4.74 Å². The summed E-state index contributed by atoms with van der Waals surface area (Å²) in [7, 11) is 0. The van der Waals surface area contributed by atoms with Gasteiger partial charge in [-0.15, -0.1) is 11.8 Å². The minimum Gasteiger partial charge on any atom is -0.358 e. The van der Waals surface area contributed by atoms with Crippen LogP contribution in [0.1, 0.15) is 22.9 Å². The van der Waals surface area contributed by atoms with E-state index in [4.69, 9.17) is 4.74 Å². The zero-order valence-electron chi connectivity index (χ0n) is 8.23. The molecule has 0 saturated carbocycles. The molecule has 2 aliphatic rings. The highest BCUT2D eigenvalue weighted by molar-refractivity contribution is 7.99. The molecular weight excluding hydrogens is 230 g/mol. The van der Waals surface area contributed by atoms with Crippen molar-refractivity contribution in [1.82, 2.24) is 15.0 Å². The molecule has 0 aliphatic carbocycles. The molecule has 2 N–H and O–H groups in total. The molecule has 2 saturated heterocycles. The lowest BCUT2D eigenvalue weighted by Gasteiger charge is -2.13. The molecule has 82 valence electrons. The summed E-state index contributed by atoms with van der Waals surface area (Å²) in [5.74, 6) is 1.17. The van der Waals surface area contributed by atoms with Crippen molar-refractivity contribution >= 4 is 23.3 Å². The summed E-state index contributed by atoms with van der Waals surface area (Å²) in [6.07, 6.45) is 0.0572. The molecule has 1 aromatic heterocycles. The average molecular weight is 243 g/mol. The first-order valence-corrected chi connectivity index (χ1v) is 6.98. The van der Waals surface area contributed by atoms with Gasteiger partial charge in [0.25, 0.3) is 0 Å². The van der Waals surface area contributed by atoms with E-state index in [9.17, 15) is 0 Å². The van der Waals surface area contributed by atoms with E-state index in [0.29, 0.717) is 5.37 Å². The third kappa shape index (κ3) is 1.92. The average Bonchev–Trinajstić information content (AvgIpc) is 3.01. The maximum Gasteiger partial charge on any atom is 0.137 e. The molecule has 6 heteroatoms. The second kappa shape index (κ2) is 4.39. The van der Waals surface area contributed by atoms with Gasteiger partial charge in [0.05, 0.1) is 17.7 Å². The first-order valence-electron chi connectivity index (χ1n) is 5.09. The SMILES string of the molecule is c1snc(C2NCCS2)c1C1NCCO1. The zero-order valence-corrected chi connectivity index (χ0v) is 9.87. The lowest BCUT2D eigenvalue weighted by atomic mass is 10.2. The van der Waals surface area contributed by atoms with Gasteiger partial charge in [-0.05, 0) is 11.5 Å². The van der Waals surface area contributed by atoms with Crippen molar-refractivity contribution in [2.45, 2.75) is 11.6 Å². The topological polar surface area (TPSA) is 46.2 Å². The molecular formula is C9H13N3OS2. The molecule has 0 bridgehead atoms. The summed E-state index contributed by atoms with van der Waals surface area (Å²) in [4.78, 5) is 0. The van der Waals surface area contributed by atoms with Gasteiger partial charge in [0, 0.05) is 29.8 Å². The van der Waals surface area contributed by atoms with E-state index in [2.05, 4.69) is 20.4 Å². The predicted molar refractivity (Wildman–Crippen MR) is 62.0 cm³/mol. The standard InChI is InChI=1S/C9H13N3OS2/c1-3-13-8(10-1)6-5-15-12-7(6)9-11-2-4-14-9/h5,8-11H,1-4H2. The number of thioether (sulfide) groups is 1.